The van der Waals surface area contributed by atoms with Gasteiger partial charge in [-0.25, -0.2) is 4.79 Å². The van der Waals surface area contributed by atoms with Gasteiger partial charge in [0.15, 0.2) is 0 Å². The molecule has 0 unspecified atom stereocenters. The quantitative estimate of drug-likeness (QED) is 0.582. The van der Waals surface area contributed by atoms with Gasteiger partial charge < -0.3 is 9.84 Å². The predicted octanol–water partition coefficient (Wildman–Crippen LogP) is 2.53. The number of hydrogen-bond donors (Lipinski definition) is 1. The minimum Gasteiger partial charge on any atom is -0.478 e. The molecule has 1 rings (SSSR count). The Kier molecular flexibility index (Phi) is 7.25. The van der Waals surface area contributed by atoms with E-state index < -0.39 is 5.97 Å². The van der Waals surface area contributed by atoms with E-state index in [1.807, 2.05) is 0 Å². The topological polar surface area (TPSA) is 63.6 Å². The van der Waals surface area contributed by atoms with Gasteiger partial charge >= 0.3 is 11.9 Å². The summed E-state index contributed by atoms with van der Waals surface area (Å²) in [5, 5.41) is 7.89. The van der Waals surface area contributed by atoms with Crippen molar-refractivity contribution >= 4 is 11.9 Å². The molecule has 4 heteroatoms. The Balaban J connectivity index is 0.000000325. The van der Waals surface area contributed by atoms with Crippen LogP contribution >= 0.6 is 0 Å². The molecule has 0 spiro atoms. The lowest BCUT2D eigenvalue weighted by molar-refractivity contribution is -0.147. The molecule has 4 nitrogen and oxygen atoms in total. The first-order valence-corrected chi connectivity index (χ1v) is 5.49. The van der Waals surface area contributed by atoms with Crippen molar-refractivity contribution in [1.29, 1.82) is 0 Å². The molecule has 0 aliphatic heterocycles. The summed E-state index contributed by atoms with van der Waals surface area (Å²) in [7, 11) is 0. The van der Waals surface area contributed by atoms with Crippen LogP contribution in [0.25, 0.3) is 0 Å². The zero-order chi connectivity index (χ0) is 12.6. The molecule has 1 aliphatic carbocycles. The molecule has 1 aliphatic rings. The van der Waals surface area contributed by atoms with Crippen molar-refractivity contribution in [3.63, 3.8) is 0 Å². The number of hydrogen-bond acceptors (Lipinski definition) is 3. The fraction of sp³-hybridized carbons (Fsp3) is 0.667. The van der Waals surface area contributed by atoms with Gasteiger partial charge in [0, 0.05) is 12.5 Å². The fourth-order valence-electron chi connectivity index (χ4n) is 1.42. The minimum absolute atomic E-state index is 0.132. The third-order valence-corrected chi connectivity index (χ3v) is 2.25. The fourth-order valence-corrected chi connectivity index (χ4v) is 1.42. The van der Waals surface area contributed by atoms with Crippen LogP contribution in [0, 0.1) is 0 Å². The summed E-state index contributed by atoms with van der Waals surface area (Å²) in [6.07, 6.45) is 6.11. The van der Waals surface area contributed by atoms with Crippen molar-refractivity contribution < 1.29 is 19.4 Å². The maximum absolute atomic E-state index is 10.5. The van der Waals surface area contributed by atoms with Gasteiger partial charge in [-0.3, -0.25) is 4.79 Å². The number of ether oxygens (including phenoxy) is 1. The Labute approximate surface area is 96.3 Å². The van der Waals surface area contributed by atoms with E-state index in [1.54, 1.807) is 0 Å². The first kappa shape index (κ1) is 14.7. The maximum Gasteiger partial charge on any atom is 0.330 e. The summed E-state index contributed by atoms with van der Waals surface area (Å²) < 4.78 is 5.05. The number of rotatable bonds is 2. The third kappa shape index (κ3) is 8.03. The average Bonchev–Trinajstić information content (AvgIpc) is 2.19. The van der Waals surface area contributed by atoms with E-state index in [2.05, 4.69) is 6.58 Å². The summed E-state index contributed by atoms with van der Waals surface area (Å²) in [6.45, 7) is 6.08. The summed E-state index contributed by atoms with van der Waals surface area (Å²) in [4.78, 5) is 20.1. The molecule has 1 N–H and O–H groups in total. The summed E-state index contributed by atoms with van der Waals surface area (Å²) >= 11 is 0. The first-order valence-electron chi connectivity index (χ1n) is 5.49. The molecule has 0 aromatic heterocycles. The number of carboxylic acids is 1. The number of esters is 1. The molecule has 16 heavy (non-hydrogen) atoms. The van der Waals surface area contributed by atoms with Crippen LogP contribution in [-0.4, -0.2) is 23.1 Å². The Morgan fingerprint density at radius 2 is 1.62 bits per heavy atom. The standard InChI is InChI=1S/C8H14O2.C4H6O2/c1-7(9)10-8-5-3-2-4-6-8;1-3(2)4(5)6/h8H,2-6H2,1H3;1H2,2H3,(H,5,6). The molecular weight excluding hydrogens is 208 g/mol. The Hall–Kier alpha value is -1.32. The van der Waals surface area contributed by atoms with Gasteiger partial charge in [0.25, 0.3) is 0 Å². The van der Waals surface area contributed by atoms with Gasteiger partial charge in [-0.2, -0.15) is 0 Å². The van der Waals surface area contributed by atoms with Crippen molar-refractivity contribution in [2.75, 3.05) is 0 Å². The van der Waals surface area contributed by atoms with Gasteiger partial charge in [0.05, 0.1) is 0 Å². The van der Waals surface area contributed by atoms with Crippen molar-refractivity contribution in [1.82, 2.24) is 0 Å². The van der Waals surface area contributed by atoms with E-state index >= 15 is 0 Å². The zero-order valence-corrected chi connectivity index (χ0v) is 9.99. The second kappa shape index (κ2) is 7.91. The SMILES string of the molecule is C=C(C)C(=O)O.CC(=O)OC1CCCCC1. The van der Waals surface area contributed by atoms with E-state index in [1.165, 1.54) is 33.1 Å². The Morgan fingerprint density at radius 3 is 1.94 bits per heavy atom. The summed E-state index contributed by atoms with van der Waals surface area (Å²) in [5.74, 6) is -1.07. The van der Waals surface area contributed by atoms with E-state index in [0.29, 0.717) is 0 Å². The van der Waals surface area contributed by atoms with E-state index in [-0.39, 0.29) is 17.6 Å². The largest absolute Gasteiger partial charge is 0.478 e. The monoisotopic (exact) mass is 228 g/mol. The average molecular weight is 228 g/mol. The molecule has 0 saturated heterocycles. The highest BCUT2D eigenvalue weighted by Gasteiger charge is 2.14. The van der Waals surface area contributed by atoms with Crippen LogP contribution in [0.2, 0.25) is 0 Å². The van der Waals surface area contributed by atoms with Crippen molar-refractivity contribution in [3.8, 4) is 0 Å². The number of carbonyl (C=O) groups excluding carboxylic acids is 1. The molecule has 0 bridgehead atoms. The number of carboxylic acid groups (broad SMARTS) is 1. The highest BCUT2D eigenvalue weighted by Crippen LogP contribution is 2.19. The van der Waals surface area contributed by atoms with Crippen molar-refractivity contribution in [3.05, 3.63) is 12.2 Å². The molecule has 1 saturated carbocycles. The molecule has 0 radical (unpaired) electrons. The lowest BCUT2D eigenvalue weighted by Crippen LogP contribution is -2.18. The van der Waals surface area contributed by atoms with Crippen LogP contribution in [0.4, 0.5) is 0 Å². The summed E-state index contributed by atoms with van der Waals surface area (Å²) in [6, 6.07) is 0. The molecular formula is C12H20O4. The van der Waals surface area contributed by atoms with Gasteiger partial charge in [-0.15, -0.1) is 0 Å². The lowest BCUT2D eigenvalue weighted by Gasteiger charge is -2.20. The highest BCUT2D eigenvalue weighted by atomic mass is 16.5. The number of aliphatic carboxylic acids is 1. The Bertz CT molecular complexity index is 240. The lowest BCUT2D eigenvalue weighted by atomic mass is 9.98. The molecule has 0 atom stereocenters. The second-order valence-corrected chi connectivity index (χ2v) is 3.95. The van der Waals surface area contributed by atoms with Crippen LogP contribution < -0.4 is 0 Å². The smallest absolute Gasteiger partial charge is 0.330 e. The molecule has 0 aromatic carbocycles. The molecule has 92 valence electrons. The van der Waals surface area contributed by atoms with Crippen molar-refractivity contribution in [2.45, 2.75) is 52.1 Å². The zero-order valence-electron chi connectivity index (χ0n) is 9.99. The Morgan fingerprint density at radius 1 is 1.19 bits per heavy atom. The van der Waals surface area contributed by atoms with Crippen molar-refractivity contribution in [2.24, 2.45) is 0 Å². The van der Waals surface area contributed by atoms with E-state index in [0.717, 1.165) is 12.8 Å². The molecule has 0 aromatic rings. The van der Waals surface area contributed by atoms with Gasteiger partial charge in [0.1, 0.15) is 6.10 Å². The van der Waals surface area contributed by atoms with Crippen LogP contribution in [0.3, 0.4) is 0 Å². The molecule has 0 heterocycles. The van der Waals surface area contributed by atoms with E-state index in [4.69, 9.17) is 9.84 Å². The number of carbonyl (C=O) groups is 2. The van der Waals surface area contributed by atoms with Crippen LogP contribution in [-0.2, 0) is 14.3 Å². The first-order chi connectivity index (χ1) is 7.43. The van der Waals surface area contributed by atoms with Gasteiger partial charge in [0.2, 0.25) is 0 Å². The maximum atomic E-state index is 10.5. The normalized spacial score (nSPS) is 15.6. The molecule has 0 amide bonds. The van der Waals surface area contributed by atoms with E-state index in [9.17, 15) is 9.59 Å². The van der Waals surface area contributed by atoms with Crippen LogP contribution in [0.5, 0.6) is 0 Å². The van der Waals surface area contributed by atoms with Gasteiger partial charge in [-0.05, 0) is 32.6 Å². The summed E-state index contributed by atoms with van der Waals surface area (Å²) in [5.41, 5.74) is 0.176. The minimum atomic E-state index is -0.935. The van der Waals surface area contributed by atoms with Gasteiger partial charge in [-0.1, -0.05) is 13.0 Å². The molecule has 1 fully saturated rings. The predicted molar refractivity (Wildman–Crippen MR) is 61.1 cm³/mol. The highest BCUT2D eigenvalue weighted by molar-refractivity contribution is 5.84. The third-order valence-electron chi connectivity index (χ3n) is 2.25. The second-order valence-electron chi connectivity index (χ2n) is 3.95. The van der Waals surface area contributed by atoms with Crippen LogP contribution in [0.1, 0.15) is 46.0 Å². The van der Waals surface area contributed by atoms with Crippen LogP contribution in [0.15, 0.2) is 12.2 Å².